The first kappa shape index (κ1) is 24.5. The molecule has 3 aromatic carbocycles. The van der Waals surface area contributed by atoms with Crippen molar-refractivity contribution in [1.82, 2.24) is 4.98 Å². The Morgan fingerprint density at radius 3 is 2.70 bits per heavy atom. The number of H-pyrrole nitrogens is 1. The molecular formula is C31H29FN2O3. The highest BCUT2D eigenvalue weighted by atomic mass is 19.1. The van der Waals surface area contributed by atoms with Gasteiger partial charge in [-0.1, -0.05) is 29.8 Å². The number of aromatic hydroxyl groups is 1. The first-order valence-corrected chi connectivity index (χ1v) is 12.5. The van der Waals surface area contributed by atoms with Crippen LogP contribution < -0.4 is 5.32 Å². The molecule has 1 aliphatic carbocycles. The van der Waals surface area contributed by atoms with Gasteiger partial charge in [0.15, 0.2) is 0 Å². The molecule has 6 heteroatoms. The Balaban J connectivity index is 1.31. The topological polar surface area (TPSA) is 82.2 Å². The number of halogens is 1. The van der Waals surface area contributed by atoms with Crippen molar-refractivity contribution >= 4 is 33.9 Å². The summed E-state index contributed by atoms with van der Waals surface area (Å²) in [6.45, 7) is 2.07. The van der Waals surface area contributed by atoms with Crippen molar-refractivity contribution in [2.45, 2.75) is 39.0 Å². The number of anilines is 1. The number of aryl methyl sites for hydroxylation is 1. The number of amides is 1. The number of allylic oxidation sites excluding steroid dienone is 2. The zero-order chi connectivity index (χ0) is 25.9. The number of carbonyl (C=O) groups excluding carboxylic acids is 2. The summed E-state index contributed by atoms with van der Waals surface area (Å²) in [5.41, 5.74) is 7.03. The highest BCUT2D eigenvalue weighted by molar-refractivity contribution is 5.97. The molecule has 0 aliphatic heterocycles. The molecule has 1 unspecified atom stereocenters. The number of nitrogens with one attached hydrogen (secondary N) is 2. The van der Waals surface area contributed by atoms with Crippen molar-refractivity contribution in [3.63, 3.8) is 0 Å². The Hall–Kier alpha value is -4.19. The van der Waals surface area contributed by atoms with Crippen LogP contribution in [-0.4, -0.2) is 21.8 Å². The van der Waals surface area contributed by atoms with Crippen molar-refractivity contribution < 1.29 is 19.1 Å². The maximum Gasteiger partial charge on any atom is 0.227 e. The van der Waals surface area contributed by atoms with E-state index in [-0.39, 0.29) is 36.1 Å². The fraction of sp³-hybridized carbons (Fsp3) is 0.226. The van der Waals surface area contributed by atoms with Gasteiger partial charge in [0, 0.05) is 41.5 Å². The standard InChI is InChI=1S/C31H29FN2O3/c1-19-2-3-20-4-5-21(28(20)14-19)6-7-22(31(37)34-25-10-8-24(32)9-11-25)15-27(36)16-23-18-33-30-13-12-26(35)17-29(23)30/h2-3,5,8-14,17-18,22,33,35H,4,6-7,15-16H2,1H3,(H,34,37). The monoisotopic (exact) mass is 496 g/mol. The Kier molecular flexibility index (Phi) is 6.91. The SMILES string of the molecule is Cc1ccc2c(c1)C(CCC(CC(=O)Cc1c[nH]c3ccc(O)cc13)C(=O)Nc1ccc(F)cc1)=CC2. The fourth-order valence-electron chi connectivity index (χ4n) is 5.05. The van der Waals surface area contributed by atoms with Crippen LogP contribution in [0.3, 0.4) is 0 Å². The van der Waals surface area contributed by atoms with E-state index in [0.717, 1.165) is 22.9 Å². The number of hydrogen-bond donors (Lipinski definition) is 3. The number of aromatic nitrogens is 1. The summed E-state index contributed by atoms with van der Waals surface area (Å²) in [6, 6.07) is 17.1. The van der Waals surface area contributed by atoms with E-state index in [4.69, 9.17) is 0 Å². The number of fused-ring (bicyclic) bond motifs is 2. The van der Waals surface area contributed by atoms with Crippen LogP contribution in [0.1, 0.15) is 41.5 Å². The summed E-state index contributed by atoms with van der Waals surface area (Å²) in [5.74, 6) is -1.08. The molecule has 1 atom stereocenters. The van der Waals surface area contributed by atoms with E-state index >= 15 is 0 Å². The van der Waals surface area contributed by atoms with Gasteiger partial charge < -0.3 is 15.4 Å². The van der Waals surface area contributed by atoms with Crippen LogP contribution in [0.15, 0.2) is 72.9 Å². The van der Waals surface area contributed by atoms with Crippen molar-refractivity contribution in [1.29, 1.82) is 0 Å². The normalized spacial score (nSPS) is 13.3. The molecular weight excluding hydrogens is 467 g/mol. The predicted molar refractivity (Wildman–Crippen MR) is 144 cm³/mol. The van der Waals surface area contributed by atoms with Crippen molar-refractivity contribution in [2.24, 2.45) is 5.92 Å². The summed E-state index contributed by atoms with van der Waals surface area (Å²) < 4.78 is 13.3. The number of carbonyl (C=O) groups is 2. The first-order chi connectivity index (χ1) is 17.9. The largest absolute Gasteiger partial charge is 0.508 e. The maximum atomic E-state index is 13.3. The van der Waals surface area contributed by atoms with Gasteiger partial charge in [-0.15, -0.1) is 0 Å². The molecule has 0 spiro atoms. The molecule has 188 valence electrons. The summed E-state index contributed by atoms with van der Waals surface area (Å²) in [5, 5.41) is 13.5. The van der Waals surface area contributed by atoms with E-state index < -0.39 is 5.92 Å². The minimum atomic E-state index is -0.536. The Labute approximate surface area is 215 Å². The van der Waals surface area contributed by atoms with Gasteiger partial charge in [0.1, 0.15) is 17.3 Å². The predicted octanol–water partition coefficient (Wildman–Crippen LogP) is 6.50. The van der Waals surface area contributed by atoms with E-state index in [1.165, 1.54) is 46.5 Å². The zero-order valence-corrected chi connectivity index (χ0v) is 20.7. The van der Waals surface area contributed by atoms with Crippen LogP contribution >= 0.6 is 0 Å². The van der Waals surface area contributed by atoms with Crippen LogP contribution in [0.4, 0.5) is 10.1 Å². The average Bonchev–Trinajstić information content (AvgIpc) is 3.46. The first-order valence-electron chi connectivity index (χ1n) is 12.5. The molecule has 1 aliphatic rings. The van der Waals surface area contributed by atoms with Gasteiger partial charge in [-0.2, -0.15) is 0 Å². The molecule has 0 radical (unpaired) electrons. The number of Topliss-reactive ketones (excluding diaryl/α,β-unsaturated/α-hetero) is 1. The summed E-state index contributed by atoms with van der Waals surface area (Å²) >= 11 is 0. The van der Waals surface area contributed by atoms with Gasteiger partial charge in [-0.25, -0.2) is 4.39 Å². The fourth-order valence-corrected chi connectivity index (χ4v) is 5.05. The Morgan fingerprint density at radius 1 is 1.08 bits per heavy atom. The molecule has 37 heavy (non-hydrogen) atoms. The number of aromatic amines is 1. The molecule has 5 rings (SSSR count). The lowest BCUT2D eigenvalue weighted by atomic mass is 9.90. The average molecular weight is 497 g/mol. The van der Waals surface area contributed by atoms with Crippen LogP contribution in [-0.2, 0) is 22.4 Å². The lowest BCUT2D eigenvalue weighted by molar-refractivity contribution is -0.126. The lowest BCUT2D eigenvalue weighted by Crippen LogP contribution is -2.26. The van der Waals surface area contributed by atoms with E-state index in [0.29, 0.717) is 18.5 Å². The van der Waals surface area contributed by atoms with Gasteiger partial charge in [-0.3, -0.25) is 9.59 Å². The third kappa shape index (κ3) is 5.64. The van der Waals surface area contributed by atoms with E-state index in [2.05, 4.69) is 41.5 Å². The van der Waals surface area contributed by atoms with Crippen molar-refractivity contribution in [2.75, 3.05) is 5.32 Å². The molecule has 0 fully saturated rings. The van der Waals surface area contributed by atoms with Crippen molar-refractivity contribution in [3.05, 3.63) is 101 Å². The number of ketones is 1. The highest BCUT2D eigenvalue weighted by Crippen LogP contribution is 2.33. The third-order valence-corrected chi connectivity index (χ3v) is 7.04. The number of rotatable bonds is 9. The summed E-state index contributed by atoms with van der Waals surface area (Å²) in [7, 11) is 0. The molecule has 1 aromatic heterocycles. The van der Waals surface area contributed by atoms with Crippen molar-refractivity contribution in [3.8, 4) is 5.75 Å². The van der Waals surface area contributed by atoms with Crippen LogP contribution in [0, 0.1) is 18.7 Å². The molecule has 0 saturated heterocycles. The van der Waals surface area contributed by atoms with E-state index in [9.17, 15) is 19.1 Å². The quantitative estimate of drug-likeness (QED) is 0.247. The number of phenols is 1. The van der Waals surface area contributed by atoms with Gasteiger partial charge in [-0.05, 0) is 90.9 Å². The number of benzene rings is 3. The molecule has 1 heterocycles. The van der Waals surface area contributed by atoms with Gasteiger partial charge in [0.05, 0.1) is 0 Å². The zero-order valence-electron chi connectivity index (χ0n) is 20.7. The molecule has 0 bridgehead atoms. The minimum Gasteiger partial charge on any atom is -0.508 e. The second-order valence-electron chi connectivity index (χ2n) is 9.79. The molecule has 4 aromatic rings. The van der Waals surface area contributed by atoms with Gasteiger partial charge in [0.25, 0.3) is 0 Å². The van der Waals surface area contributed by atoms with Gasteiger partial charge >= 0.3 is 0 Å². The number of hydrogen-bond acceptors (Lipinski definition) is 3. The molecule has 0 saturated carbocycles. The number of phenolic OH excluding ortho intramolecular Hbond substituents is 1. The lowest BCUT2D eigenvalue weighted by Gasteiger charge is -2.17. The maximum absolute atomic E-state index is 13.3. The third-order valence-electron chi connectivity index (χ3n) is 7.04. The smallest absolute Gasteiger partial charge is 0.227 e. The van der Waals surface area contributed by atoms with E-state index in [1.807, 2.05) is 0 Å². The van der Waals surface area contributed by atoms with Gasteiger partial charge in [0.2, 0.25) is 5.91 Å². The molecule has 3 N–H and O–H groups in total. The second-order valence-corrected chi connectivity index (χ2v) is 9.79. The molecule has 5 nitrogen and oxygen atoms in total. The summed E-state index contributed by atoms with van der Waals surface area (Å²) in [6.07, 6.45) is 6.32. The van der Waals surface area contributed by atoms with Crippen LogP contribution in [0.5, 0.6) is 5.75 Å². The van der Waals surface area contributed by atoms with E-state index in [1.54, 1.807) is 24.4 Å². The molecule has 1 amide bonds. The Morgan fingerprint density at radius 2 is 1.89 bits per heavy atom. The van der Waals surface area contributed by atoms with Crippen LogP contribution in [0.25, 0.3) is 16.5 Å². The summed E-state index contributed by atoms with van der Waals surface area (Å²) in [4.78, 5) is 29.6. The van der Waals surface area contributed by atoms with Crippen LogP contribution in [0.2, 0.25) is 0 Å². The highest BCUT2D eigenvalue weighted by Gasteiger charge is 2.24. The minimum absolute atomic E-state index is 0.0554. The Bertz CT molecular complexity index is 1500. The second kappa shape index (κ2) is 10.4.